The first-order chi connectivity index (χ1) is 8.58. The van der Waals surface area contributed by atoms with E-state index in [1.165, 1.54) is 11.8 Å². The zero-order chi connectivity index (χ0) is 13.5. The Bertz CT molecular complexity index is 432. The average Bonchev–Trinajstić information content (AvgIpc) is 2.38. The smallest absolute Gasteiger partial charge is 0.232 e. The van der Waals surface area contributed by atoms with E-state index < -0.39 is 0 Å². The quantitative estimate of drug-likeness (QED) is 0.462. The molecule has 1 amide bonds. The molecule has 0 saturated carbocycles. The summed E-state index contributed by atoms with van der Waals surface area (Å²) in [5, 5.41) is 8.05. The fourth-order valence-corrected chi connectivity index (χ4v) is 2.26. The van der Waals surface area contributed by atoms with E-state index >= 15 is 0 Å². The summed E-state index contributed by atoms with van der Waals surface area (Å²) in [6.45, 7) is 5.36. The second kappa shape index (κ2) is 7.00. The number of hydrogen-bond donors (Lipinski definition) is 2. The molecule has 0 aliphatic carbocycles. The summed E-state index contributed by atoms with van der Waals surface area (Å²) in [5.41, 5.74) is 6.03. The Morgan fingerprint density at radius 2 is 2.17 bits per heavy atom. The van der Waals surface area contributed by atoms with Crippen LogP contribution in [0.15, 0.2) is 23.4 Å². The number of hydrogen-bond acceptors (Lipinski definition) is 4. The minimum Gasteiger partial charge on any atom is -0.384 e. The van der Waals surface area contributed by atoms with E-state index in [9.17, 15) is 4.79 Å². The Labute approximate surface area is 111 Å². The minimum absolute atomic E-state index is 0.00863. The van der Waals surface area contributed by atoms with Crippen LogP contribution in [0.4, 0.5) is 0 Å². The molecule has 0 atom stereocenters. The Balaban J connectivity index is 2.61. The van der Waals surface area contributed by atoms with Crippen LogP contribution >= 0.6 is 11.8 Å². The van der Waals surface area contributed by atoms with Crippen LogP contribution in [0.2, 0.25) is 0 Å². The Morgan fingerprint density at radius 1 is 1.50 bits per heavy atom. The number of rotatable bonds is 6. The number of nitrogens with zero attached hydrogens (tertiary/aromatic N) is 2. The monoisotopic (exact) mass is 266 g/mol. The number of nitrogens with one attached hydrogen (secondary N) is 1. The van der Waals surface area contributed by atoms with E-state index in [4.69, 9.17) is 11.1 Å². The third-order valence-electron chi connectivity index (χ3n) is 2.51. The molecular weight excluding hydrogens is 248 g/mol. The molecule has 1 heterocycles. The van der Waals surface area contributed by atoms with E-state index in [1.807, 2.05) is 13.8 Å². The molecule has 3 N–H and O–H groups in total. The number of amidine groups is 1. The maximum absolute atomic E-state index is 11.8. The lowest BCUT2D eigenvalue weighted by atomic mass is 10.2. The summed E-state index contributed by atoms with van der Waals surface area (Å²) in [7, 11) is 0. The Kier molecular flexibility index (Phi) is 5.64. The second-order valence-electron chi connectivity index (χ2n) is 3.65. The first-order valence-electron chi connectivity index (χ1n) is 5.79. The maximum Gasteiger partial charge on any atom is 0.232 e. The molecule has 0 aliphatic heterocycles. The van der Waals surface area contributed by atoms with Crippen molar-refractivity contribution < 1.29 is 4.79 Å². The highest BCUT2D eigenvalue weighted by Gasteiger charge is 2.10. The van der Waals surface area contributed by atoms with Crippen molar-refractivity contribution in [1.29, 1.82) is 5.41 Å². The van der Waals surface area contributed by atoms with Crippen LogP contribution in [0.5, 0.6) is 0 Å². The van der Waals surface area contributed by atoms with Crippen molar-refractivity contribution in [3.05, 3.63) is 23.9 Å². The van der Waals surface area contributed by atoms with Crippen molar-refractivity contribution in [2.75, 3.05) is 18.8 Å². The van der Waals surface area contributed by atoms with Crippen molar-refractivity contribution in [2.24, 2.45) is 5.73 Å². The molecule has 1 aromatic rings. The van der Waals surface area contributed by atoms with Crippen LogP contribution in [0.3, 0.4) is 0 Å². The summed E-state index contributed by atoms with van der Waals surface area (Å²) in [5.74, 6) is 0.463. The lowest BCUT2D eigenvalue weighted by molar-refractivity contribution is -0.127. The molecule has 0 saturated heterocycles. The third-order valence-corrected chi connectivity index (χ3v) is 3.42. The lowest BCUT2D eigenvalue weighted by Gasteiger charge is -2.17. The molecule has 1 rings (SSSR count). The first-order valence-corrected chi connectivity index (χ1v) is 6.78. The molecule has 0 bridgehead atoms. The van der Waals surface area contributed by atoms with Gasteiger partial charge in [-0.05, 0) is 26.0 Å². The fraction of sp³-hybridized carbons (Fsp3) is 0.417. The molecule has 5 nitrogen and oxygen atoms in total. The van der Waals surface area contributed by atoms with Crippen LogP contribution in [0.25, 0.3) is 0 Å². The first kappa shape index (κ1) is 14.5. The SMILES string of the molecule is CCN(CC)C(=O)CSc1cc(C(=N)N)ccn1. The zero-order valence-electron chi connectivity index (χ0n) is 10.6. The molecule has 0 fully saturated rings. The average molecular weight is 266 g/mol. The zero-order valence-corrected chi connectivity index (χ0v) is 11.5. The Morgan fingerprint density at radius 3 is 2.72 bits per heavy atom. The van der Waals surface area contributed by atoms with Crippen LogP contribution in [0, 0.1) is 5.41 Å². The van der Waals surface area contributed by atoms with Gasteiger partial charge >= 0.3 is 0 Å². The van der Waals surface area contributed by atoms with Gasteiger partial charge in [-0.25, -0.2) is 4.98 Å². The predicted octanol–water partition coefficient (Wildman–Crippen LogP) is 1.33. The van der Waals surface area contributed by atoms with Crippen molar-refractivity contribution in [3.63, 3.8) is 0 Å². The Hall–Kier alpha value is -1.56. The normalized spacial score (nSPS) is 10.1. The highest BCUT2D eigenvalue weighted by atomic mass is 32.2. The van der Waals surface area contributed by atoms with Crippen molar-refractivity contribution >= 4 is 23.5 Å². The number of carbonyl (C=O) groups is 1. The second-order valence-corrected chi connectivity index (χ2v) is 4.65. The van der Waals surface area contributed by atoms with E-state index in [1.54, 1.807) is 23.2 Å². The van der Waals surface area contributed by atoms with Crippen LogP contribution in [-0.2, 0) is 4.79 Å². The largest absolute Gasteiger partial charge is 0.384 e. The van der Waals surface area contributed by atoms with Gasteiger partial charge in [-0.1, -0.05) is 11.8 Å². The number of pyridine rings is 1. The molecule has 0 radical (unpaired) electrons. The molecule has 0 aromatic carbocycles. The number of nitrogens with two attached hydrogens (primary N) is 1. The van der Waals surface area contributed by atoms with Gasteiger partial charge in [0.05, 0.1) is 10.8 Å². The summed E-state index contributed by atoms with van der Waals surface area (Å²) in [4.78, 5) is 17.7. The van der Waals surface area contributed by atoms with Crippen molar-refractivity contribution in [1.82, 2.24) is 9.88 Å². The molecule has 98 valence electrons. The molecule has 0 aliphatic rings. The predicted molar refractivity (Wildman–Crippen MR) is 73.9 cm³/mol. The lowest BCUT2D eigenvalue weighted by Crippen LogP contribution is -2.31. The van der Waals surface area contributed by atoms with Gasteiger partial charge in [0.15, 0.2) is 0 Å². The summed E-state index contributed by atoms with van der Waals surface area (Å²) in [6.07, 6.45) is 1.60. The molecule has 18 heavy (non-hydrogen) atoms. The van der Waals surface area contributed by atoms with Gasteiger partial charge < -0.3 is 10.6 Å². The maximum atomic E-state index is 11.8. The summed E-state index contributed by atoms with van der Waals surface area (Å²) in [6, 6.07) is 3.40. The van der Waals surface area contributed by atoms with Gasteiger partial charge in [-0.15, -0.1) is 0 Å². The molecular formula is C12H18N4OS. The molecule has 0 unspecified atom stereocenters. The van der Waals surface area contributed by atoms with Gasteiger partial charge in [0.25, 0.3) is 0 Å². The number of aromatic nitrogens is 1. The van der Waals surface area contributed by atoms with Crippen LogP contribution < -0.4 is 5.73 Å². The number of carbonyl (C=O) groups excluding carboxylic acids is 1. The standard InChI is InChI=1S/C12H18N4OS/c1-3-16(4-2)11(17)8-18-10-7-9(12(13)14)5-6-15-10/h5-7H,3-4,8H2,1-2H3,(H3,13,14). The topological polar surface area (TPSA) is 83.1 Å². The highest BCUT2D eigenvalue weighted by Crippen LogP contribution is 2.16. The highest BCUT2D eigenvalue weighted by molar-refractivity contribution is 7.99. The molecule has 0 spiro atoms. The van der Waals surface area contributed by atoms with Gasteiger partial charge in [0.2, 0.25) is 5.91 Å². The number of amides is 1. The van der Waals surface area contributed by atoms with Gasteiger partial charge in [-0.3, -0.25) is 10.2 Å². The summed E-state index contributed by atoms with van der Waals surface area (Å²) < 4.78 is 0. The van der Waals surface area contributed by atoms with E-state index in [0.717, 1.165) is 13.1 Å². The van der Waals surface area contributed by atoms with Crippen LogP contribution in [-0.4, -0.2) is 40.5 Å². The third kappa shape index (κ3) is 4.03. The van der Waals surface area contributed by atoms with E-state index in [2.05, 4.69) is 4.98 Å². The van der Waals surface area contributed by atoms with E-state index in [0.29, 0.717) is 16.3 Å². The fourth-order valence-electron chi connectivity index (χ4n) is 1.46. The number of nitrogen functional groups attached to an aromatic ring is 1. The van der Waals surface area contributed by atoms with Gasteiger partial charge in [0.1, 0.15) is 5.84 Å². The number of thioether (sulfide) groups is 1. The minimum atomic E-state index is 0.00863. The summed E-state index contributed by atoms with van der Waals surface area (Å²) >= 11 is 1.36. The van der Waals surface area contributed by atoms with E-state index in [-0.39, 0.29) is 11.7 Å². The molecule has 1 aromatic heterocycles. The van der Waals surface area contributed by atoms with Crippen LogP contribution in [0.1, 0.15) is 19.4 Å². The van der Waals surface area contributed by atoms with Crippen molar-refractivity contribution in [2.45, 2.75) is 18.9 Å². The van der Waals surface area contributed by atoms with Crippen molar-refractivity contribution in [3.8, 4) is 0 Å². The molecule has 6 heteroatoms. The van der Waals surface area contributed by atoms with Gasteiger partial charge in [0, 0.05) is 24.8 Å². The van der Waals surface area contributed by atoms with Gasteiger partial charge in [-0.2, -0.15) is 0 Å².